The maximum atomic E-state index is 6.31. The van der Waals surface area contributed by atoms with E-state index < -0.39 is 0 Å². The van der Waals surface area contributed by atoms with Crippen LogP contribution in [0.2, 0.25) is 0 Å². The van der Waals surface area contributed by atoms with Crippen molar-refractivity contribution in [1.29, 1.82) is 0 Å². The molecule has 2 nitrogen and oxygen atoms in total. The van der Waals surface area contributed by atoms with E-state index in [9.17, 15) is 0 Å². The lowest BCUT2D eigenvalue weighted by atomic mass is 9.66. The van der Waals surface area contributed by atoms with E-state index in [0.717, 1.165) is 12.5 Å². The molecule has 2 N–H and O–H groups in total. The lowest BCUT2D eigenvalue weighted by molar-refractivity contribution is 0.0565. The van der Waals surface area contributed by atoms with Crippen LogP contribution in [0.4, 0.5) is 0 Å². The van der Waals surface area contributed by atoms with Gasteiger partial charge in [-0.25, -0.2) is 0 Å². The minimum absolute atomic E-state index is 0.415. The molecule has 0 amide bonds. The molecule has 2 heteroatoms. The van der Waals surface area contributed by atoms with Crippen LogP contribution < -0.4 is 5.73 Å². The zero-order valence-electron chi connectivity index (χ0n) is 11.7. The Balaban J connectivity index is 1.90. The summed E-state index contributed by atoms with van der Waals surface area (Å²) in [4.78, 5) is 0. The molecule has 0 bridgehead atoms. The van der Waals surface area contributed by atoms with Crippen LogP contribution in [-0.4, -0.2) is 18.8 Å². The number of rotatable bonds is 2. The Morgan fingerprint density at radius 3 is 2.53 bits per heavy atom. The molecule has 17 heavy (non-hydrogen) atoms. The summed E-state index contributed by atoms with van der Waals surface area (Å²) in [7, 11) is 0. The average molecular weight is 239 g/mol. The lowest BCUT2D eigenvalue weighted by Gasteiger charge is -2.41. The third-order valence-electron chi connectivity index (χ3n) is 4.86. The van der Waals surface area contributed by atoms with E-state index in [-0.39, 0.29) is 0 Å². The van der Waals surface area contributed by atoms with Gasteiger partial charge in [-0.3, -0.25) is 0 Å². The molecule has 0 spiro atoms. The van der Waals surface area contributed by atoms with Crippen molar-refractivity contribution in [3.8, 4) is 0 Å². The van der Waals surface area contributed by atoms with Crippen molar-refractivity contribution in [3.05, 3.63) is 0 Å². The van der Waals surface area contributed by atoms with E-state index in [2.05, 4.69) is 20.8 Å². The van der Waals surface area contributed by atoms with Crippen molar-refractivity contribution in [3.63, 3.8) is 0 Å². The molecule has 4 unspecified atom stereocenters. The molecule has 2 rings (SSSR count). The fraction of sp³-hybridized carbons (Fsp3) is 1.00. The molecule has 4 atom stereocenters. The molecule has 0 aromatic heterocycles. The molecule has 2 aliphatic rings. The second kappa shape index (κ2) is 5.27. The molecule has 1 saturated heterocycles. The lowest BCUT2D eigenvalue weighted by Crippen LogP contribution is -2.40. The predicted molar refractivity (Wildman–Crippen MR) is 71.9 cm³/mol. The van der Waals surface area contributed by atoms with Crippen LogP contribution in [-0.2, 0) is 4.74 Å². The standard InChI is InChI=1S/C15H29NO/c1-15(2,3)12-6-7-14(16)11(9-12)10-13-5-4-8-17-13/h11-14H,4-10,16H2,1-3H3. The second-order valence-electron chi connectivity index (χ2n) is 7.17. The molecule has 0 aromatic rings. The van der Waals surface area contributed by atoms with Crippen molar-refractivity contribution in [2.75, 3.05) is 6.61 Å². The number of ether oxygens (including phenoxy) is 1. The maximum Gasteiger partial charge on any atom is 0.0579 e. The molecule has 1 heterocycles. The third kappa shape index (κ3) is 3.45. The largest absolute Gasteiger partial charge is 0.378 e. The second-order valence-corrected chi connectivity index (χ2v) is 7.17. The predicted octanol–water partition coefficient (Wildman–Crippen LogP) is 3.35. The Hall–Kier alpha value is -0.0800. The third-order valence-corrected chi connectivity index (χ3v) is 4.86. The minimum atomic E-state index is 0.415. The van der Waals surface area contributed by atoms with Gasteiger partial charge < -0.3 is 10.5 Å². The highest BCUT2D eigenvalue weighted by molar-refractivity contribution is 4.89. The van der Waals surface area contributed by atoms with E-state index in [1.165, 1.54) is 38.5 Å². The summed E-state index contributed by atoms with van der Waals surface area (Å²) in [5.74, 6) is 1.53. The van der Waals surface area contributed by atoms with Gasteiger partial charge in [-0.05, 0) is 55.8 Å². The van der Waals surface area contributed by atoms with Crippen molar-refractivity contribution in [1.82, 2.24) is 0 Å². The Morgan fingerprint density at radius 1 is 1.18 bits per heavy atom. The highest BCUT2D eigenvalue weighted by Gasteiger charge is 2.35. The van der Waals surface area contributed by atoms with E-state index >= 15 is 0 Å². The quantitative estimate of drug-likeness (QED) is 0.802. The first-order valence-electron chi connectivity index (χ1n) is 7.34. The molecule has 2 fully saturated rings. The Bertz CT molecular complexity index is 240. The molecule has 1 saturated carbocycles. The monoisotopic (exact) mass is 239 g/mol. The van der Waals surface area contributed by atoms with Gasteiger partial charge in [0.2, 0.25) is 0 Å². The molecule has 1 aliphatic carbocycles. The van der Waals surface area contributed by atoms with E-state index in [4.69, 9.17) is 10.5 Å². The van der Waals surface area contributed by atoms with Gasteiger partial charge in [0, 0.05) is 12.6 Å². The van der Waals surface area contributed by atoms with Gasteiger partial charge in [-0.1, -0.05) is 20.8 Å². The van der Waals surface area contributed by atoms with Gasteiger partial charge in [0.15, 0.2) is 0 Å². The van der Waals surface area contributed by atoms with E-state index in [0.29, 0.717) is 23.5 Å². The summed E-state index contributed by atoms with van der Waals surface area (Å²) < 4.78 is 5.77. The SMILES string of the molecule is CC(C)(C)C1CCC(N)C(CC2CCCO2)C1. The summed E-state index contributed by atoms with van der Waals surface area (Å²) in [6, 6.07) is 0.415. The van der Waals surface area contributed by atoms with Gasteiger partial charge in [-0.2, -0.15) is 0 Å². The highest BCUT2D eigenvalue weighted by Crippen LogP contribution is 2.41. The summed E-state index contributed by atoms with van der Waals surface area (Å²) in [6.07, 6.45) is 8.04. The van der Waals surface area contributed by atoms with Gasteiger partial charge in [0.05, 0.1) is 6.10 Å². The fourth-order valence-electron chi connectivity index (χ4n) is 3.51. The van der Waals surface area contributed by atoms with E-state index in [1.54, 1.807) is 0 Å². The molecule has 100 valence electrons. The van der Waals surface area contributed by atoms with Crippen LogP contribution in [0.15, 0.2) is 0 Å². The normalized spacial score (nSPS) is 39.5. The number of nitrogens with two attached hydrogens (primary N) is 1. The smallest absolute Gasteiger partial charge is 0.0579 e. The number of hydrogen-bond acceptors (Lipinski definition) is 2. The Labute approximate surface area is 106 Å². The first kappa shape index (κ1) is 13.4. The van der Waals surface area contributed by atoms with Crippen molar-refractivity contribution in [2.45, 2.75) is 71.4 Å². The van der Waals surface area contributed by atoms with Gasteiger partial charge in [0.1, 0.15) is 0 Å². The van der Waals surface area contributed by atoms with Crippen molar-refractivity contribution >= 4 is 0 Å². The van der Waals surface area contributed by atoms with Gasteiger partial charge in [-0.15, -0.1) is 0 Å². The molecule has 0 radical (unpaired) electrons. The minimum Gasteiger partial charge on any atom is -0.378 e. The van der Waals surface area contributed by atoms with Crippen LogP contribution >= 0.6 is 0 Å². The molecule has 1 aliphatic heterocycles. The zero-order valence-corrected chi connectivity index (χ0v) is 11.7. The fourth-order valence-corrected chi connectivity index (χ4v) is 3.51. The topological polar surface area (TPSA) is 35.2 Å². The first-order valence-corrected chi connectivity index (χ1v) is 7.34. The van der Waals surface area contributed by atoms with Crippen LogP contribution in [0.1, 0.15) is 59.3 Å². The van der Waals surface area contributed by atoms with Crippen LogP contribution in [0.3, 0.4) is 0 Å². The molecular weight excluding hydrogens is 210 g/mol. The van der Waals surface area contributed by atoms with Crippen molar-refractivity contribution in [2.24, 2.45) is 23.0 Å². The maximum absolute atomic E-state index is 6.31. The first-order chi connectivity index (χ1) is 7.97. The molecular formula is C15H29NO. The Morgan fingerprint density at radius 2 is 1.94 bits per heavy atom. The van der Waals surface area contributed by atoms with Gasteiger partial charge >= 0.3 is 0 Å². The Kier molecular flexibility index (Phi) is 4.14. The van der Waals surface area contributed by atoms with E-state index in [1.807, 2.05) is 0 Å². The summed E-state index contributed by atoms with van der Waals surface area (Å²) >= 11 is 0. The zero-order chi connectivity index (χ0) is 12.5. The van der Waals surface area contributed by atoms with Crippen molar-refractivity contribution < 1.29 is 4.74 Å². The highest BCUT2D eigenvalue weighted by atomic mass is 16.5. The summed E-state index contributed by atoms with van der Waals surface area (Å²) in [6.45, 7) is 8.09. The summed E-state index contributed by atoms with van der Waals surface area (Å²) in [5, 5.41) is 0. The average Bonchev–Trinajstić information content (AvgIpc) is 2.72. The van der Waals surface area contributed by atoms with Crippen LogP contribution in [0, 0.1) is 17.3 Å². The molecule has 0 aromatic carbocycles. The summed E-state index contributed by atoms with van der Waals surface area (Å²) in [5.41, 5.74) is 6.75. The van der Waals surface area contributed by atoms with Gasteiger partial charge in [0.25, 0.3) is 0 Å². The van der Waals surface area contributed by atoms with Crippen LogP contribution in [0.5, 0.6) is 0 Å². The van der Waals surface area contributed by atoms with Crippen LogP contribution in [0.25, 0.3) is 0 Å². The number of hydrogen-bond donors (Lipinski definition) is 1.